The predicted molar refractivity (Wildman–Crippen MR) is 91.1 cm³/mol. The minimum Gasteiger partial charge on any atom is -0.488 e. The summed E-state index contributed by atoms with van der Waals surface area (Å²) in [4.78, 5) is 14.8. The average molecular weight is 328 g/mol. The quantitative estimate of drug-likeness (QED) is 0.858. The van der Waals surface area contributed by atoms with E-state index >= 15 is 0 Å². The van der Waals surface area contributed by atoms with E-state index < -0.39 is 0 Å². The number of para-hydroxylation sites is 1. The van der Waals surface area contributed by atoms with Crippen molar-refractivity contribution in [1.29, 1.82) is 0 Å². The molecule has 1 atom stereocenters. The Labute approximate surface area is 142 Å². The lowest BCUT2D eigenvalue weighted by Crippen LogP contribution is -2.39. The molecule has 1 fully saturated rings. The maximum atomic E-state index is 12.9. The number of piperidine rings is 1. The van der Waals surface area contributed by atoms with Gasteiger partial charge in [-0.25, -0.2) is 0 Å². The van der Waals surface area contributed by atoms with E-state index in [9.17, 15) is 4.79 Å². The van der Waals surface area contributed by atoms with E-state index in [0.29, 0.717) is 23.8 Å². The van der Waals surface area contributed by atoms with Gasteiger partial charge in [0.2, 0.25) is 0 Å². The number of amides is 1. The van der Waals surface area contributed by atoms with Gasteiger partial charge in [0, 0.05) is 13.1 Å². The molecule has 5 heteroatoms. The molecule has 1 aromatic carbocycles. The summed E-state index contributed by atoms with van der Waals surface area (Å²) < 4.78 is 11.1. The van der Waals surface area contributed by atoms with Crippen LogP contribution in [0.3, 0.4) is 0 Å². The summed E-state index contributed by atoms with van der Waals surface area (Å²) in [6, 6.07) is 7.45. The predicted octanol–water partition coefficient (Wildman–Crippen LogP) is 3.74. The van der Waals surface area contributed by atoms with Crippen molar-refractivity contribution in [3.05, 3.63) is 46.8 Å². The first-order valence-corrected chi connectivity index (χ1v) is 8.49. The summed E-state index contributed by atoms with van der Waals surface area (Å²) in [5.74, 6) is 1.97. The molecule has 1 aliphatic rings. The van der Waals surface area contributed by atoms with Crippen LogP contribution in [0.1, 0.15) is 47.1 Å². The SMILES string of the molecule is Cc1noc(C)c1COc1ccccc1C(=O)N1CCC[C@@H](C)C1. The van der Waals surface area contributed by atoms with Gasteiger partial charge in [-0.05, 0) is 44.7 Å². The third-order valence-corrected chi connectivity index (χ3v) is 4.61. The van der Waals surface area contributed by atoms with Crippen LogP contribution in [0.4, 0.5) is 0 Å². The van der Waals surface area contributed by atoms with Crippen LogP contribution in [0.2, 0.25) is 0 Å². The van der Waals surface area contributed by atoms with E-state index in [1.165, 1.54) is 6.42 Å². The number of hydrogen-bond acceptors (Lipinski definition) is 4. The number of aromatic nitrogens is 1. The second-order valence-electron chi connectivity index (χ2n) is 6.59. The second kappa shape index (κ2) is 7.07. The summed E-state index contributed by atoms with van der Waals surface area (Å²) in [7, 11) is 0. The number of rotatable bonds is 4. The fourth-order valence-corrected chi connectivity index (χ4v) is 3.17. The summed E-state index contributed by atoms with van der Waals surface area (Å²) >= 11 is 0. The highest BCUT2D eigenvalue weighted by Crippen LogP contribution is 2.25. The monoisotopic (exact) mass is 328 g/mol. The van der Waals surface area contributed by atoms with E-state index in [1.807, 2.05) is 43.0 Å². The van der Waals surface area contributed by atoms with Gasteiger partial charge in [0.1, 0.15) is 18.1 Å². The van der Waals surface area contributed by atoms with Gasteiger partial charge in [0.25, 0.3) is 5.91 Å². The Hall–Kier alpha value is -2.30. The standard InChI is InChI=1S/C19H24N2O3/c1-13-7-6-10-21(11-13)19(22)16-8-4-5-9-18(16)23-12-17-14(2)20-24-15(17)3/h4-5,8-9,13H,6-7,10-12H2,1-3H3/t13-/m1/s1. The van der Waals surface area contributed by atoms with Crippen LogP contribution in [0.15, 0.2) is 28.8 Å². The van der Waals surface area contributed by atoms with Crippen molar-refractivity contribution in [1.82, 2.24) is 10.1 Å². The molecule has 1 saturated heterocycles. The van der Waals surface area contributed by atoms with Crippen LogP contribution in [0.5, 0.6) is 5.75 Å². The first-order valence-electron chi connectivity index (χ1n) is 8.49. The summed E-state index contributed by atoms with van der Waals surface area (Å²) in [6.07, 6.45) is 2.25. The molecule has 24 heavy (non-hydrogen) atoms. The molecule has 0 N–H and O–H groups in total. The summed E-state index contributed by atoms with van der Waals surface area (Å²) in [5.41, 5.74) is 2.38. The summed E-state index contributed by atoms with van der Waals surface area (Å²) in [6.45, 7) is 7.94. The Balaban J connectivity index is 1.76. The van der Waals surface area contributed by atoms with Crippen molar-refractivity contribution < 1.29 is 14.1 Å². The number of nitrogens with zero attached hydrogens (tertiary/aromatic N) is 2. The van der Waals surface area contributed by atoms with Gasteiger partial charge < -0.3 is 14.2 Å². The van der Waals surface area contributed by atoms with E-state index in [0.717, 1.165) is 36.5 Å². The minimum absolute atomic E-state index is 0.0518. The molecule has 1 aromatic heterocycles. The molecule has 3 rings (SSSR count). The molecule has 0 bridgehead atoms. The number of likely N-dealkylation sites (tertiary alicyclic amines) is 1. The lowest BCUT2D eigenvalue weighted by atomic mass is 9.99. The Morgan fingerprint density at radius 2 is 2.17 bits per heavy atom. The van der Waals surface area contributed by atoms with E-state index in [1.54, 1.807) is 0 Å². The van der Waals surface area contributed by atoms with Crippen LogP contribution >= 0.6 is 0 Å². The van der Waals surface area contributed by atoms with Crippen LogP contribution < -0.4 is 4.74 Å². The van der Waals surface area contributed by atoms with Gasteiger partial charge in [0.05, 0.1) is 16.8 Å². The normalized spacial score (nSPS) is 17.8. The fraction of sp³-hybridized carbons (Fsp3) is 0.474. The number of hydrogen-bond donors (Lipinski definition) is 0. The van der Waals surface area contributed by atoms with Crippen molar-refractivity contribution in [2.45, 2.75) is 40.2 Å². The van der Waals surface area contributed by atoms with Crippen molar-refractivity contribution >= 4 is 5.91 Å². The Bertz CT molecular complexity index is 704. The van der Waals surface area contributed by atoms with Crippen molar-refractivity contribution in [3.8, 4) is 5.75 Å². The molecule has 5 nitrogen and oxygen atoms in total. The van der Waals surface area contributed by atoms with E-state index in [4.69, 9.17) is 9.26 Å². The van der Waals surface area contributed by atoms with Crippen molar-refractivity contribution in [2.24, 2.45) is 5.92 Å². The van der Waals surface area contributed by atoms with Crippen LogP contribution in [0, 0.1) is 19.8 Å². The minimum atomic E-state index is 0.0518. The van der Waals surface area contributed by atoms with Crippen molar-refractivity contribution in [3.63, 3.8) is 0 Å². The molecule has 0 radical (unpaired) electrons. The van der Waals surface area contributed by atoms with Gasteiger partial charge >= 0.3 is 0 Å². The lowest BCUT2D eigenvalue weighted by molar-refractivity contribution is 0.0678. The number of carbonyl (C=O) groups excluding carboxylic acids is 1. The molecule has 128 valence electrons. The van der Waals surface area contributed by atoms with Crippen LogP contribution in [-0.2, 0) is 6.61 Å². The number of ether oxygens (including phenoxy) is 1. The Morgan fingerprint density at radius 3 is 2.88 bits per heavy atom. The highest BCUT2D eigenvalue weighted by atomic mass is 16.5. The molecular formula is C19H24N2O3. The van der Waals surface area contributed by atoms with Crippen LogP contribution in [-0.4, -0.2) is 29.1 Å². The number of carbonyl (C=O) groups is 1. The molecule has 0 spiro atoms. The molecule has 0 saturated carbocycles. The Morgan fingerprint density at radius 1 is 1.38 bits per heavy atom. The Kier molecular flexibility index (Phi) is 4.88. The van der Waals surface area contributed by atoms with Gasteiger partial charge in [-0.1, -0.05) is 24.2 Å². The maximum Gasteiger partial charge on any atom is 0.257 e. The van der Waals surface area contributed by atoms with Gasteiger partial charge in [-0.2, -0.15) is 0 Å². The molecular weight excluding hydrogens is 304 g/mol. The highest BCUT2D eigenvalue weighted by molar-refractivity contribution is 5.97. The maximum absolute atomic E-state index is 12.9. The van der Waals surface area contributed by atoms with Crippen molar-refractivity contribution in [2.75, 3.05) is 13.1 Å². The third kappa shape index (κ3) is 3.45. The number of aryl methyl sites for hydroxylation is 2. The first-order chi connectivity index (χ1) is 11.6. The fourth-order valence-electron chi connectivity index (χ4n) is 3.17. The zero-order valence-electron chi connectivity index (χ0n) is 14.5. The van der Waals surface area contributed by atoms with E-state index in [2.05, 4.69) is 12.1 Å². The molecule has 2 heterocycles. The molecule has 1 aliphatic heterocycles. The smallest absolute Gasteiger partial charge is 0.257 e. The highest BCUT2D eigenvalue weighted by Gasteiger charge is 2.24. The zero-order chi connectivity index (χ0) is 17.1. The number of benzene rings is 1. The molecule has 0 aliphatic carbocycles. The topological polar surface area (TPSA) is 55.6 Å². The first kappa shape index (κ1) is 16.6. The lowest BCUT2D eigenvalue weighted by Gasteiger charge is -2.31. The van der Waals surface area contributed by atoms with E-state index in [-0.39, 0.29) is 5.91 Å². The van der Waals surface area contributed by atoms with Gasteiger partial charge in [-0.15, -0.1) is 0 Å². The molecule has 1 amide bonds. The largest absolute Gasteiger partial charge is 0.488 e. The average Bonchev–Trinajstić information content (AvgIpc) is 2.91. The third-order valence-electron chi connectivity index (χ3n) is 4.61. The van der Waals surface area contributed by atoms with Gasteiger partial charge in [-0.3, -0.25) is 4.79 Å². The van der Waals surface area contributed by atoms with Gasteiger partial charge in [0.15, 0.2) is 0 Å². The molecule has 0 unspecified atom stereocenters. The summed E-state index contributed by atoms with van der Waals surface area (Å²) in [5, 5.41) is 3.94. The van der Waals surface area contributed by atoms with Crippen LogP contribution in [0.25, 0.3) is 0 Å². The molecule has 2 aromatic rings. The second-order valence-corrected chi connectivity index (χ2v) is 6.59. The zero-order valence-corrected chi connectivity index (χ0v) is 14.5.